The van der Waals surface area contributed by atoms with Crippen molar-refractivity contribution in [3.63, 3.8) is 0 Å². The molecule has 1 aromatic carbocycles. The third-order valence-corrected chi connectivity index (χ3v) is 3.48. The number of nitrogens with zero attached hydrogens (tertiary/aromatic N) is 1. The molecule has 3 rings (SSSR count). The first-order chi connectivity index (χ1) is 8.75. The van der Waals surface area contributed by atoms with E-state index in [1.807, 2.05) is 24.3 Å². The Labute approximate surface area is 110 Å². The van der Waals surface area contributed by atoms with Crippen LogP contribution in [0.25, 0.3) is 0 Å². The van der Waals surface area contributed by atoms with Crippen molar-refractivity contribution in [2.24, 2.45) is 0 Å². The zero-order chi connectivity index (χ0) is 12.5. The molecule has 1 heterocycles. The van der Waals surface area contributed by atoms with Crippen molar-refractivity contribution in [1.82, 2.24) is 4.98 Å². The maximum absolute atomic E-state index is 12.1. The molecule has 1 aliphatic carbocycles. The maximum Gasteiger partial charge on any atom is 0.233 e. The minimum atomic E-state index is -0.0840. The summed E-state index contributed by atoms with van der Waals surface area (Å²) in [5.41, 5.74) is 2.34. The highest BCUT2D eigenvalue weighted by atomic mass is 35.5. The van der Waals surface area contributed by atoms with E-state index in [4.69, 9.17) is 11.6 Å². The first-order valence-corrected chi connectivity index (χ1v) is 6.12. The summed E-state index contributed by atoms with van der Waals surface area (Å²) in [6.45, 7) is 0. The summed E-state index contributed by atoms with van der Waals surface area (Å²) in [7, 11) is 0. The molecule has 1 aromatic heterocycles. The molecule has 0 saturated carbocycles. The molecule has 18 heavy (non-hydrogen) atoms. The summed E-state index contributed by atoms with van der Waals surface area (Å²) in [5, 5.41) is 3.23. The van der Waals surface area contributed by atoms with Crippen LogP contribution >= 0.6 is 11.6 Å². The van der Waals surface area contributed by atoms with Crippen molar-refractivity contribution in [2.75, 3.05) is 5.32 Å². The van der Waals surface area contributed by atoms with E-state index in [-0.39, 0.29) is 11.8 Å². The molecule has 4 heteroatoms. The van der Waals surface area contributed by atoms with Crippen LogP contribution in [0.15, 0.2) is 42.6 Å². The van der Waals surface area contributed by atoms with E-state index in [9.17, 15) is 4.79 Å². The molecule has 0 radical (unpaired) electrons. The van der Waals surface area contributed by atoms with Gasteiger partial charge in [0, 0.05) is 6.20 Å². The van der Waals surface area contributed by atoms with E-state index in [1.54, 1.807) is 18.3 Å². The van der Waals surface area contributed by atoms with Gasteiger partial charge in [-0.25, -0.2) is 4.98 Å². The number of nitrogens with one attached hydrogen (secondary N) is 1. The van der Waals surface area contributed by atoms with Gasteiger partial charge in [0.2, 0.25) is 5.91 Å². The van der Waals surface area contributed by atoms with Crippen molar-refractivity contribution < 1.29 is 4.79 Å². The fourth-order valence-electron chi connectivity index (χ4n) is 2.17. The summed E-state index contributed by atoms with van der Waals surface area (Å²) in [6.07, 6.45) is 2.39. The third kappa shape index (κ3) is 1.87. The van der Waals surface area contributed by atoms with Gasteiger partial charge in [-0.05, 0) is 29.7 Å². The first-order valence-electron chi connectivity index (χ1n) is 5.75. The fraction of sp³-hybridized carbons (Fsp3) is 0.143. The Morgan fingerprint density at radius 3 is 2.89 bits per heavy atom. The Kier molecular flexibility index (Phi) is 2.76. The molecule has 3 nitrogen and oxygen atoms in total. The largest absolute Gasteiger partial charge is 0.309 e. The second-order valence-electron chi connectivity index (χ2n) is 4.28. The number of carbonyl (C=O) groups excluding carboxylic acids is 1. The van der Waals surface area contributed by atoms with Gasteiger partial charge >= 0.3 is 0 Å². The number of carbonyl (C=O) groups is 1. The molecule has 0 bridgehead atoms. The van der Waals surface area contributed by atoms with Gasteiger partial charge in [0.25, 0.3) is 0 Å². The van der Waals surface area contributed by atoms with Crippen LogP contribution in [0.2, 0.25) is 5.02 Å². The van der Waals surface area contributed by atoms with Gasteiger partial charge in [-0.1, -0.05) is 35.9 Å². The SMILES string of the molecule is O=C(Nc1ncccc1Cl)C1Cc2ccccc21. The predicted octanol–water partition coefficient (Wildman–Crippen LogP) is 3.01. The van der Waals surface area contributed by atoms with E-state index in [0.717, 1.165) is 12.0 Å². The number of hydrogen-bond donors (Lipinski definition) is 1. The number of hydrogen-bond acceptors (Lipinski definition) is 2. The van der Waals surface area contributed by atoms with Gasteiger partial charge < -0.3 is 5.32 Å². The maximum atomic E-state index is 12.1. The van der Waals surface area contributed by atoms with E-state index in [2.05, 4.69) is 10.3 Å². The standard InChI is InChI=1S/C14H11ClN2O/c15-12-6-3-7-16-13(12)17-14(18)11-8-9-4-1-2-5-10(9)11/h1-7,11H,8H2,(H,16,17,18). The summed E-state index contributed by atoms with van der Waals surface area (Å²) in [6, 6.07) is 11.4. The average molecular weight is 259 g/mol. The van der Waals surface area contributed by atoms with Crippen LogP contribution in [0.3, 0.4) is 0 Å². The van der Waals surface area contributed by atoms with Gasteiger partial charge in [0.15, 0.2) is 5.82 Å². The summed E-state index contributed by atoms with van der Waals surface area (Å²) >= 11 is 5.96. The zero-order valence-electron chi connectivity index (χ0n) is 9.56. The average Bonchev–Trinajstić information content (AvgIpc) is 2.34. The minimum absolute atomic E-state index is 0.0469. The smallest absolute Gasteiger partial charge is 0.233 e. The number of anilines is 1. The van der Waals surface area contributed by atoms with Crippen LogP contribution in [-0.2, 0) is 11.2 Å². The highest BCUT2D eigenvalue weighted by Gasteiger charge is 2.31. The number of fused-ring (bicyclic) bond motifs is 1. The Bertz CT molecular complexity index is 612. The van der Waals surface area contributed by atoms with Crippen molar-refractivity contribution in [3.8, 4) is 0 Å². The number of pyridine rings is 1. The van der Waals surface area contributed by atoms with Gasteiger partial charge in [-0.3, -0.25) is 4.79 Å². The number of benzene rings is 1. The Morgan fingerprint density at radius 2 is 2.11 bits per heavy atom. The highest BCUT2D eigenvalue weighted by Crippen LogP contribution is 2.35. The number of aromatic nitrogens is 1. The molecule has 1 amide bonds. The quantitative estimate of drug-likeness (QED) is 0.900. The zero-order valence-corrected chi connectivity index (χ0v) is 10.3. The minimum Gasteiger partial charge on any atom is -0.309 e. The van der Waals surface area contributed by atoms with Crippen molar-refractivity contribution >= 4 is 23.3 Å². The fourth-order valence-corrected chi connectivity index (χ4v) is 2.34. The van der Waals surface area contributed by atoms with Crippen LogP contribution in [0.1, 0.15) is 17.0 Å². The lowest BCUT2D eigenvalue weighted by Crippen LogP contribution is -2.30. The summed E-state index contributed by atoms with van der Waals surface area (Å²) in [4.78, 5) is 16.2. The second-order valence-corrected chi connectivity index (χ2v) is 4.69. The Hall–Kier alpha value is -1.87. The lowest BCUT2D eigenvalue weighted by atomic mass is 9.77. The molecule has 2 aromatic rings. The van der Waals surface area contributed by atoms with Crippen LogP contribution < -0.4 is 5.32 Å². The number of amides is 1. The molecule has 1 aliphatic rings. The van der Waals surface area contributed by atoms with Gasteiger partial charge in [-0.15, -0.1) is 0 Å². The Balaban J connectivity index is 1.77. The molecule has 1 N–H and O–H groups in total. The monoisotopic (exact) mass is 258 g/mol. The van der Waals surface area contributed by atoms with E-state index >= 15 is 0 Å². The van der Waals surface area contributed by atoms with E-state index in [0.29, 0.717) is 10.8 Å². The van der Waals surface area contributed by atoms with Crippen LogP contribution in [0, 0.1) is 0 Å². The number of halogens is 1. The van der Waals surface area contributed by atoms with Crippen LogP contribution in [0.4, 0.5) is 5.82 Å². The predicted molar refractivity (Wildman–Crippen MR) is 70.8 cm³/mol. The van der Waals surface area contributed by atoms with E-state index < -0.39 is 0 Å². The second kappa shape index (κ2) is 4.42. The Morgan fingerprint density at radius 1 is 1.28 bits per heavy atom. The van der Waals surface area contributed by atoms with Crippen molar-refractivity contribution in [2.45, 2.75) is 12.3 Å². The van der Waals surface area contributed by atoms with Crippen molar-refractivity contribution in [3.05, 3.63) is 58.7 Å². The molecule has 90 valence electrons. The molecular formula is C14H11ClN2O. The molecular weight excluding hydrogens is 248 g/mol. The third-order valence-electron chi connectivity index (χ3n) is 3.17. The molecule has 0 saturated heterocycles. The molecule has 0 spiro atoms. The molecule has 0 aliphatic heterocycles. The lowest BCUT2D eigenvalue weighted by Gasteiger charge is -2.28. The summed E-state index contributed by atoms with van der Waals surface area (Å²) < 4.78 is 0. The molecule has 1 unspecified atom stereocenters. The number of rotatable bonds is 2. The highest BCUT2D eigenvalue weighted by molar-refractivity contribution is 6.33. The van der Waals surface area contributed by atoms with E-state index in [1.165, 1.54) is 5.56 Å². The first kappa shape index (κ1) is 11.2. The lowest BCUT2D eigenvalue weighted by molar-refractivity contribution is -0.118. The topological polar surface area (TPSA) is 42.0 Å². The van der Waals surface area contributed by atoms with Gasteiger partial charge in [0.05, 0.1) is 10.9 Å². The van der Waals surface area contributed by atoms with Crippen molar-refractivity contribution in [1.29, 1.82) is 0 Å². The van der Waals surface area contributed by atoms with Gasteiger partial charge in [-0.2, -0.15) is 0 Å². The van der Waals surface area contributed by atoms with Gasteiger partial charge in [0.1, 0.15) is 0 Å². The normalized spacial score (nSPS) is 16.6. The van der Waals surface area contributed by atoms with Crippen LogP contribution in [-0.4, -0.2) is 10.9 Å². The molecule has 0 fully saturated rings. The van der Waals surface area contributed by atoms with Crippen LogP contribution in [0.5, 0.6) is 0 Å². The molecule has 1 atom stereocenters. The summed E-state index contributed by atoms with van der Waals surface area (Å²) in [5.74, 6) is 0.294.